The molecule has 0 spiro atoms. The molecule has 1 atom stereocenters. The van der Waals surface area contributed by atoms with Crippen molar-refractivity contribution < 1.29 is 34.1 Å². The monoisotopic (exact) mass is 411 g/mol. The summed E-state index contributed by atoms with van der Waals surface area (Å²) in [5, 5.41) is 11.1. The maximum atomic E-state index is 13.0. The highest BCUT2D eigenvalue weighted by atomic mass is 16.7. The average Bonchev–Trinajstić information content (AvgIpc) is 3.31. The van der Waals surface area contributed by atoms with Crippen LogP contribution in [0.15, 0.2) is 48.3 Å². The number of hydrogen-bond acceptors (Lipinski definition) is 5. The number of rotatable bonds is 6. The first-order valence-electron chi connectivity index (χ1n) is 9.91. The Labute approximate surface area is 174 Å². The van der Waals surface area contributed by atoms with Crippen LogP contribution in [0.2, 0.25) is 0 Å². The number of amides is 1. The van der Waals surface area contributed by atoms with E-state index < -0.39 is 17.7 Å². The number of pyridine rings is 1. The van der Waals surface area contributed by atoms with Gasteiger partial charge in [-0.05, 0) is 24.3 Å². The van der Waals surface area contributed by atoms with E-state index in [4.69, 9.17) is 9.47 Å². The van der Waals surface area contributed by atoms with Crippen LogP contribution in [0.4, 0.5) is 0 Å². The number of carbonyl (C=O) groups excluding carboxylic acids is 2. The largest absolute Gasteiger partial charge is 0.507 e. The first-order valence-corrected chi connectivity index (χ1v) is 9.91. The van der Waals surface area contributed by atoms with Crippen molar-refractivity contribution in [1.29, 1.82) is 0 Å². The van der Waals surface area contributed by atoms with E-state index in [0.29, 0.717) is 23.6 Å². The summed E-state index contributed by atoms with van der Waals surface area (Å²) in [7, 11) is 4.08. The third-order valence-corrected chi connectivity index (χ3v) is 5.31. The second-order valence-electron chi connectivity index (χ2n) is 7.71. The molecule has 3 heterocycles. The standard InChI is InChI=1S/C22H23N3O5/c1-24(2)9-4-10-25-19(15-5-3-8-23-12-15)18(21(27)22(25)28)20(26)14-6-7-16-17(11-14)30-13-29-16/h3,5-8,11-12,19,26H,4,9-10,13H2,1-2H3/p+2. The number of carbonyl (C=O) groups is 2. The molecule has 4 rings (SSSR count). The van der Waals surface area contributed by atoms with Gasteiger partial charge in [-0.1, -0.05) is 0 Å². The normalized spacial score (nSPS) is 19.7. The Morgan fingerprint density at radius 1 is 1.23 bits per heavy atom. The summed E-state index contributed by atoms with van der Waals surface area (Å²) < 4.78 is 10.7. The number of ketones is 1. The molecule has 30 heavy (non-hydrogen) atoms. The number of H-pyrrole nitrogens is 1. The van der Waals surface area contributed by atoms with E-state index in [1.54, 1.807) is 41.6 Å². The highest BCUT2D eigenvalue weighted by molar-refractivity contribution is 6.46. The van der Waals surface area contributed by atoms with Crippen molar-refractivity contribution in [2.45, 2.75) is 12.5 Å². The van der Waals surface area contributed by atoms with Crippen molar-refractivity contribution >= 4 is 17.4 Å². The third-order valence-electron chi connectivity index (χ3n) is 5.31. The summed E-state index contributed by atoms with van der Waals surface area (Å²) in [6, 6.07) is 7.93. The number of nitrogens with one attached hydrogen (secondary N) is 2. The van der Waals surface area contributed by atoms with E-state index in [9.17, 15) is 14.7 Å². The van der Waals surface area contributed by atoms with Crippen molar-refractivity contribution in [2.24, 2.45) is 0 Å². The van der Waals surface area contributed by atoms with Gasteiger partial charge in [-0.15, -0.1) is 0 Å². The minimum Gasteiger partial charge on any atom is -0.507 e. The molecule has 1 aromatic carbocycles. The van der Waals surface area contributed by atoms with Crippen LogP contribution in [0, 0.1) is 0 Å². The Bertz CT molecular complexity index is 1000. The number of aromatic amines is 1. The van der Waals surface area contributed by atoms with Crippen molar-refractivity contribution in [3.63, 3.8) is 0 Å². The van der Waals surface area contributed by atoms with Gasteiger partial charge in [-0.25, -0.2) is 4.98 Å². The number of benzene rings is 1. The van der Waals surface area contributed by atoms with E-state index in [0.717, 1.165) is 18.5 Å². The van der Waals surface area contributed by atoms with Crippen molar-refractivity contribution in [2.75, 3.05) is 34.0 Å². The fourth-order valence-electron chi connectivity index (χ4n) is 3.84. The highest BCUT2D eigenvalue weighted by Gasteiger charge is 2.46. The molecule has 2 aromatic rings. The lowest BCUT2D eigenvalue weighted by Gasteiger charge is -2.24. The number of quaternary nitrogens is 1. The Balaban J connectivity index is 1.77. The fraction of sp³-hybridized carbons (Fsp3) is 0.318. The molecule has 0 radical (unpaired) electrons. The maximum Gasteiger partial charge on any atom is 0.295 e. The molecule has 1 fully saturated rings. The molecule has 1 amide bonds. The number of fused-ring (bicyclic) bond motifs is 1. The van der Waals surface area contributed by atoms with Crippen LogP contribution >= 0.6 is 0 Å². The van der Waals surface area contributed by atoms with Crippen LogP contribution in [0.5, 0.6) is 11.5 Å². The summed E-state index contributed by atoms with van der Waals surface area (Å²) in [5.41, 5.74) is 1.21. The predicted octanol–water partition coefficient (Wildman–Crippen LogP) is 0.186. The minimum atomic E-state index is -0.684. The van der Waals surface area contributed by atoms with Crippen LogP contribution in [0.25, 0.3) is 5.76 Å². The van der Waals surface area contributed by atoms with Gasteiger partial charge in [0.05, 0.1) is 32.3 Å². The van der Waals surface area contributed by atoms with Gasteiger partial charge in [-0.2, -0.15) is 0 Å². The molecule has 8 nitrogen and oxygen atoms in total. The van der Waals surface area contributed by atoms with Crippen LogP contribution in [0.1, 0.15) is 23.6 Å². The fourth-order valence-corrected chi connectivity index (χ4v) is 3.84. The SMILES string of the molecule is C[NH+](C)CCCN1C(=O)C(=O)C(=C(O)c2ccc3c(c2)OCO3)C1c1ccc[nH+]c1. The zero-order valence-electron chi connectivity index (χ0n) is 17.0. The van der Waals surface area contributed by atoms with Gasteiger partial charge in [0.25, 0.3) is 11.7 Å². The Hall–Kier alpha value is -3.39. The lowest BCUT2D eigenvalue weighted by atomic mass is 9.96. The number of Topliss-reactive ketones (excluding diaryl/α,β-unsaturated/α-hetero) is 1. The van der Waals surface area contributed by atoms with Crippen molar-refractivity contribution in [3.8, 4) is 11.5 Å². The molecule has 0 saturated carbocycles. The Morgan fingerprint density at radius 3 is 2.77 bits per heavy atom. The lowest BCUT2D eigenvalue weighted by Crippen LogP contribution is -3.05. The number of aliphatic hydroxyl groups excluding tert-OH is 1. The van der Waals surface area contributed by atoms with Gasteiger partial charge < -0.3 is 24.4 Å². The van der Waals surface area contributed by atoms with Crippen molar-refractivity contribution in [3.05, 3.63) is 59.4 Å². The Morgan fingerprint density at radius 2 is 2.03 bits per heavy atom. The van der Waals surface area contributed by atoms with E-state index in [-0.39, 0.29) is 18.1 Å². The maximum absolute atomic E-state index is 13.0. The minimum absolute atomic E-state index is 0.0793. The van der Waals surface area contributed by atoms with Crippen molar-refractivity contribution in [1.82, 2.24) is 4.90 Å². The van der Waals surface area contributed by atoms with Crippen LogP contribution in [-0.4, -0.2) is 55.7 Å². The molecule has 0 bridgehead atoms. The first kappa shape index (κ1) is 19.9. The van der Waals surface area contributed by atoms with Gasteiger partial charge >= 0.3 is 0 Å². The van der Waals surface area contributed by atoms with E-state index in [1.807, 2.05) is 20.2 Å². The summed E-state index contributed by atoms with van der Waals surface area (Å²) in [5.74, 6) is -0.434. The average molecular weight is 411 g/mol. The Kier molecular flexibility index (Phi) is 5.41. The lowest BCUT2D eigenvalue weighted by molar-refractivity contribution is -0.858. The molecular formula is C22H25N3O5+2. The second kappa shape index (κ2) is 8.16. The molecule has 8 heteroatoms. The van der Waals surface area contributed by atoms with Crippen LogP contribution in [0.3, 0.4) is 0 Å². The summed E-state index contributed by atoms with van der Waals surface area (Å²) in [6.07, 6.45) is 4.24. The summed E-state index contributed by atoms with van der Waals surface area (Å²) in [4.78, 5) is 31.6. The predicted molar refractivity (Wildman–Crippen MR) is 107 cm³/mol. The number of nitrogens with zero attached hydrogens (tertiary/aromatic N) is 1. The highest BCUT2D eigenvalue weighted by Crippen LogP contribution is 2.41. The number of aromatic nitrogens is 1. The smallest absolute Gasteiger partial charge is 0.295 e. The summed E-state index contributed by atoms with van der Waals surface area (Å²) in [6.45, 7) is 1.39. The van der Waals surface area contributed by atoms with Crippen LogP contribution < -0.4 is 19.4 Å². The topological polar surface area (TPSA) is 94.7 Å². The van der Waals surface area contributed by atoms with E-state index in [2.05, 4.69) is 4.98 Å². The third kappa shape index (κ3) is 3.61. The quantitative estimate of drug-likeness (QED) is 0.402. The zero-order chi connectivity index (χ0) is 21.3. The molecule has 1 unspecified atom stereocenters. The van der Waals surface area contributed by atoms with Gasteiger partial charge in [0, 0.05) is 30.2 Å². The molecule has 156 valence electrons. The molecule has 2 aliphatic rings. The van der Waals surface area contributed by atoms with Gasteiger partial charge in [0.15, 0.2) is 23.9 Å². The second-order valence-corrected chi connectivity index (χ2v) is 7.71. The van der Waals surface area contributed by atoms with Gasteiger partial charge in [0.1, 0.15) is 5.76 Å². The van der Waals surface area contributed by atoms with E-state index >= 15 is 0 Å². The first-order chi connectivity index (χ1) is 14.5. The summed E-state index contributed by atoms with van der Waals surface area (Å²) >= 11 is 0. The van der Waals surface area contributed by atoms with Crippen LogP contribution in [-0.2, 0) is 9.59 Å². The number of ether oxygens (including phenoxy) is 2. The molecule has 1 aromatic heterocycles. The molecule has 0 aliphatic carbocycles. The zero-order valence-corrected chi connectivity index (χ0v) is 17.0. The van der Waals surface area contributed by atoms with Gasteiger partial charge in [0.2, 0.25) is 6.79 Å². The van der Waals surface area contributed by atoms with Gasteiger partial charge in [-0.3, -0.25) is 9.59 Å². The molecule has 3 N–H and O–H groups in total. The van der Waals surface area contributed by atoms with E-state index in [1.165, 1.54) is 4.90 Å². The molecule has 2 aliphatic heterocycles. The number of aliphatic hydroxyl groups is 1. The molecular weight excluding hydrogens is 386 g/mol. The number of likely N-dealkylation sites (tertiary alicyclic amines) is 1. The number of hydrogen-bond donors (Lipinski definition) is 2. The molecule has 1 saturated heterocycles.